The molecule has 4 rings (SSSR count). The molecular weight excluding hydrogens is 384 g/mol. The van der Waals surface area contributed by atoms with Gasteiger partial charge in [0.1, 0.15) is 6.33 Å². The van der Waals surface area contributed by atoms with Crippen molar-refractivity contribution in [1.82, 2.24) is 25.6 Å². The highest BCUT2D eigenvalue weighted by molar-refractivity contribution is 7.11. The number of fused-ring (bicyclic) bond motifs is 1. The highest BCUT2D eigenvalue weighted by Gasteiger charge is 2.21. The van der Waals surface area contributed by atoms with Crippen LogP contribution in [0.1, 0.15) is 33.8 Å². The van der Waals surface area contributed by atoms with E-state index in [0.29, 0.717) is 23.3 Å². The van der Waals surface area contributed by atoms with Crippen LogP contribution in [0.3, 0.4) is 0 Å². The van der Waals surface area contributed by atoms with Gasteiger partial charge in [-0.15, -0.1) is 0 Å². The number of rotatable bonds is 4. The van der Waals surface area contributed by atoms with Crippen molar-refractivity contribution in [2.75, 3.05) is 31.1 Å². The fourth-order valence-corrected chi connectivity index (χ4v) is 4.31. The monoisotopic (exact) mass is 410 g/mol. The Hall–Kier alpha value is -2.58. The Bertz CT molecular complexity index is 923. The van der Waals surface area contributed by atoms with Gasteiger partial charge in [0.2, 0.25) is 0 Å². The summed E-state index contributed by atoms with van der Waals surface area (Å²) in [4.78, 5) is 27.9. The zero-order valence-corrected chi connectivity index (χ0v) is 17.4. The van der Waals surface area contributed by atoms with Gasteiger partial charge in [-0.05, 0) is 56.8 Å². The normalized spacial score (nSPS) is 16.2. The van der Waals surface area contributed by atoms with Crippen LogP contribution in [-0.2, 0) is 6.42 Å². The first-order valence-electron chi connectivity index (χ1n) is 10.1. The number of aryl methyl sites for hydroxylation is 1. The molecule has 1 aromatic carbocycles. The molecule has 0 bridgehead atoms. The summed E-state index contributed by atoms with van der Waals surface area (Å²) in [5.74, 6) is 1.06. The number of nitrogens with zero attached hydrogens (tertiary/aromatic N) is 4. The number of carbonyl (C=O) groups is 1. The van der Waals surface area contributed by atoms with Gasteiger partial charge in [-0.3, -0.25) is 4.79 Å². The Balaban J connectivity index is 1.54. The fourth-order valence-electron chi connectivity index (χ4n) is 3.80. The van der Waals surface area contributed by atoms with Crippen molar-refractivity contribution < 1.29 is 4.79 Å². The highest BCUT2D eigenvalue weighted by Crippen LogP contribution is 2.33. The molecule has 29 heavy (non-hydrogen) atoms. The van der Waals surface area contributed by atoms with E-state index in [9.17, 15) is 4.79 Å². The topological polar surface area (TPSA) is 83.0 Å². The van der Waals surface area contributed by atoms with Gasteiger partial charge in [0.15, 0.2) is 10.8 Å². The number of hydrogen-bond donors (Lipinski definition) is 2. The maximum absolute atomic E-state index is 12.7. The maximum Gasteiger partial charge on any atom is 0.280 e. The number of benzene rings is 1. The van der Waals surface area contributed by atoms with Crippen molar-refractivity contribution in [3.8, 4) is 0 Å². The van der Waals surface area contributed by atoms with Crippen LogP contribution in [-0.4, -0.2) is 47.0 Å². The van der Waals surface area contributed by atoms with Crippen molar-refractivity contribution in [2.45, 2.75) is 26.2 Å². The van der Waals surface area contributed by atoms with Crippen LogP contribution in [0.15, 0.2) is 36.2 Å². The van der Waals surface area contributed by atoms with E-state index in [-0.39, 0.29) is 5.91 Å². The summed E-state index contributed by atoms with van der Waals surface area (Å²) in [5.41, 5.74) is 5.30. The van der Waals surface area contributed by atoms with Crippen molar-refractivity contribution in [2.24, 2.45) is 5.92 Å². The van der Waals surface area contributed by atoms with Gasteiger partial charge in [-0.1, -0.05) is 29.0 Å². The Morgan fingerprint density at radius 3 is 3.03 bits per heavy atom. The molecule has 0 spiro atoms. The molecule has 0 aliphatic carbocycles. The zero-order chi connectivity index (χ0) is 20.1. The molecule has 0 radical (unpaired) electrons. The molecule has 1 fully saturated rings. The van der Waals surface area contributed by atoms with Crippen LogP contribution in [0.4, 0.5) is 11.5 Å². The number of amides is 1. The minimum atomic E-state index is -0.157. The van der Waals surface area contributed by atoms with E-state index in [1.807, 2.05) is 0 Å². The highest BCUT2D eigenvalue weighted by atomic mass is 32.1. The summed E-state index contributed by atoms with van der Waals surface area (Å²) < 4.78 is 0. The van der Waals surface area contributed by atoms with E-state index in [1.54, 1.807) is 11.7 Å². The molecule has 2 N–H and O–H groups in total. The third kappa shape index (κ3) is 4.89. The van der Waals surface area contributed by atoms with E-state index in [1.165, 1.54) is 28.8 Å². The van der Waals surface area contributed by atoms with Gasteiger partial charge in [0.05, 0.1) is 11.7 Å². The molecule has 0 unspecified atom stereocenters. The Morgan fingerprint density at radius 2 is 2.17 bits per heavy atom. The first kappa shape index (κ1) is 19.7. The van der Waals surface area contributed by atoms with Crippen molar-refractivity contribution in [1.29, 1.82) is 0 Å². The molecule has 1 amide bonds. The predicted molar refractivity (Wildman–Crippen MR) is 115 cm³/mol. The number of anilines is 2. The van der Waals surface area contributed by atoms with E-state index in [4.69, 9.17) is 0 Å². The first-order valence-corrected chi connectivity index (χ1v) is 10.9. The fraction of sp³-hybridized carbons (Fsp3) is 0.429. The second kappa shape index (κ2) is 9.28. The summed E-state index contributed by atoms with van der Waals surface area (Å²) in [6, 6.07) is 6.44. The smallest absolute Gasteiger partial charge is 0.280 e. The molecule has 1 saturated heterocycles. The molecule has 8 heteroatoms. The Kier molecular flexibility index (Phi) is 6.31. The summed E-state index contributed by atoms with van der Waals surface area (Å²) in [6.45, 7) is 5.66. The number of hydrogen-bond acceptors (Lipinski definition) is 7. The molecular formula is C21H26N6OS. The summed E-state index contributed by atoms with van der Waals surface area (Å²) in [7, 11) is 0. The van der Waals surface area contributed by atoms with E-state index in [2.05, 4.69) is 55.6 Å². The molecule has 2 aromatic rings. The third-order valence-corrected chi connectivity index (χ3v) is 6.13. The third-order valence-electron chi connectivity index (χ3n) is 5.39. The average Bonchev–Trinajstić information content (AvgIpc) is 3.19. The first-order chi connectivity index (χ1) is 14.2. The van der Waals surface area contributed by atoms with Crippen LogP contribution in [0.5, 0.6) is 0 Å². The SMILES string of the molecule is Cc1ccc2c(c1)CCN2c1cnc(C(=O)NCC2CCNCC2)scncn1. The van der Waals surface area contributed by atoms with E-state index in [0.717, 1.165) is 44.6 Å². The lowest BCUT2D eigenvalue weighted by molar-refractivity contribution is 0.0943. The van der Waals surface area contributed by atoms with Crippen molar-refractivity contribution in [3.63, 3.8) is 0 Å². The van der Waals surface area contributed by atoms with E-state index < -0.39 is 0 Å². The molecule has 3 heterocycles. The lowest BCUT2D eigenvalue weighted by Crippen LogP contribution is -2.36. The lowest BCUT2D eigenvalue weighted by atomic mass is 9.98. The number of aromatic nitrogens is 3. The molecule has 2 aliphatic rings. The lowest BCUT2D eigenvalue weighted by Gasteiger charge is -2.22. The molecule has 1 aromatic heterocycles. The van der Waals surface area contributed by atoms with Gasteiger partial charge in [0.25, 0.3) is 5.91 Å². The van der Waals surface area contributed by atoms with E-state index >= 15 is 0 Å². The second-order valence-electron chi connectivity index (χ2n) is 7.48. The van der Waals surface area contributed by atoms with Gasteiger partial charge in [0, 0.05) is 18.8 Å². The average molecular weight is 411 g/mol. The number of carbonyl (C=O) groups excluding carboxylic acids is 1. The minimum Gasteiger partial charge on any atom is -0.350 e. The second-order valence-corrected chi connectivity index (χ2v) is 8.31. The maximum atomic E-state index is 12.7. The summed E-state index contributed by atoms with van der Waals surface area (Å²) in [6.07, 6.45) is 6.33. The van der Waals surface area contributed by atoms with Crippen LogP contribution in [0.2, 0.25) is 0 Å². The largest absolute Gasteiger partial charge is 0.350 e. The molecule has 152 valence electrons. The van der Waals surface area contributed by atoms with Gasteiger partial charge < -0.3 is 15.5 Å². The standard InChI is InChI=1S/C21H26N6OS/c1-15-2-3-18-17(10-15)6-9-27(18)19-12-25-21(29-14-23-13-26-19)20(28)24-11-16-4-7-22-8-5-16/h2-3,10,12-14,16,22H,4-9,11H2,1H3,(H,24,28). The summed E-state index contributed by atoms with van der Waals surface area (Å²) >= 11 is 1.22. The Labute approximate surface area is 174 Å². The van der Waals surface area contributed by atoms with Crippen molar-refractivity contribution >= 4 is 28.7 Å². The molecule has 0 saturated carbocycles. The number of nitrogens with one attached hydrogen (secondary N) is 2. The van der Waals surface area contributed by atoms with Crippen LogP contribution >= 0.6 is 11.3 Å². The van der Waals surface area contributed by atoms with Crippen LogP contribution in [0, 0.1) is 12.8 Å². The molecule has 2 aliphatic heterocycles. The molecule has 7 nitrogen and oxygen atoms in total. The predicted octanol–water partition coefficient (Wildman–Crippen LogP) is 2.79. The molecule has 0 atom stereocenters. The van der Waals surface area contributed by atoms with Crippen LogP contribution < -0.4 is 15.5 Å². The quantitative estimate of drug-likeness (QED) is 0.807. The van der Waals surface area contributed by atoms with Gasteiger partial charge >= 0.3 is 0 Å². The zero-order valence-electron chi connectivity index (χ0n) is 16.6. The number of piperidine rings is 1. The minimum absolute atomic E-state index is 0.157. The summed E-state index contributed by atoms with van der Waals surface area (Å²) in [5, 5.41) is 6.76. The van der Waals surface area contributed by atoms with Crippen LogP contribution in [0.25, 0.3) is 0 Å². The Morgan fingerprint density at radius 1 is 1.31 bits per heavy atom. The van der Waals surface area contributed by atoms with Crippen molar-refractivity contribution in [3.05, 3.63) is 52.4 Å². The van der Waals surface area contributed by atoms with Gasteiger partial charge in [-0.2, -0.15) is 0 Å². The van der Waals surface area contributed by atoms with Gasteiger partial charge in [-0.25, -0.2) is 15.0 Å².